The van der Waals surface area contributed by atoms with Gasteiger partial charge in [-0.25, -0.2) is 0 Å². The maximum absolute atomic E-state index is 8.58. The van der Waals surface area contributed by atoms with Gasteiger partial charge in [0.05, 0.1) is 11.6 Å². The molecule has 0 aromatic heterocycles. The van der Waals surface area contributed by atoms with E-state index < -0.39 is 0 Å². The Bertz CT molecular complexity index is 319. The molecule has 0 bridgehead atoms. The van der Waals surface area contributed by atoms with Gasteiger partial charge >= 0.3 is 0 Å². The average Bonchev–Trinajstić information content (AvgIpc) is 2.20. The van der Waals surface area contributed by atoms with Crippen LogP contribution in [0.5, 0.6) is 5.75 Å². The number of halogens is 1. The molecule has 0 heterocycles. The molecule has 0 fully saturated rings. The van der Waals surface area contributed by atoms with E-state index in [0.717, 1.165) is 16.9 Å². The smallest absolute Gasteiger partial charge is 0.140 e. The van der Waals surface area contributed by atoms with Crippen LogP contribution < -0.4 is 10.1 Å². The highest BCUT2D eigenvalue weighted by molar-refractivity contribution is 6.32. The summed E-state index contributed by atoms with van der Waals surface area (Å²) in [4.78, 5) is 0. The lowest BCUT2D eigenvalue weighted by atomic mass is 10.1. The molecule has 0 amide bonds. The summed E-state index contributed by atoms with van der Waals surface area (Å²) in [6.07, 6.45) is 0. The van der Waals surface area contributed by atoms with E-state index in [1.54, 1.807) is 0 Å². The van der Waals surface area contributed by atoms with E-state index in [0.29, 0.717) is 24.7 Å². The van der Waals surface area contributed by atoms with Gasteiger partial charge in [0.25, 0.3) is 0 Å². The van der Waals surface area contributed by atoms with Crippen LogP contribution in [-0.2, 0) is 0 Å². The number of aliphatic hydroxyl groups is 1. The highest BCUT2D eigenvalue weighted by atomic mass is 35.5. The van der Waals surface area contributed by atoms with Crippen LogP contribution in [0.4, 0.5) is 0 Å². The molecule has 1 aromatic rings. The fourth-order valence-electron chi connectivity index (χ4n) is 1.51. The first kappa shape index (κ1) is 13.3. The van der Waals surface area contributed by atoms with Gasteiger partial charge in [-0.05, 0) is 31.0 Å². The molecule has 0 spiro atoms. The molecular weight excluding hydrogens is 226 g/mol. The van der Waals surface area contributed by atoms with E-state index >= 15 is 0 Å². The predicted octanol–water partition coefficient (Wildman–Crippen LogP) is 1.92. The summed E-state index contributed by atoms with van der Waals surface area (Å²) in [5, 5.41) is 12.3. The monoisotopic (exact) mass is 243 g/mol. The molecule has 0 radical (unpaired) electrons. The number of nitrogens with one attached hydrogen (secondary N) is 1. The van der Waals surface area contributed by atoms with Crippen LogP contribution >= 0.6 is 11.6 Å². The molecule has 0 unspecified atom stereocenters. The molecule has 0 aliphatic rings. The Balaban J connectivity index is 2.47. The maximum atomic E-state index is 8.58. The lowest BCUT2D eigenvalue weighted by Gasteiger charge is -2.12. The van der Waals surface area contributed by atoms with Crippen LogP contribution in [-0.4, -0.2) is 31.4 Å². The fourth-order valence-corrected chi connectivity index (χ4v) is 1.89. The Morgan fingerprint density at radius 2 is 2.06 bits per heavy atom. The summed E-state index contributed by atoms with van der Waals surface area (Å²) in [5.74, 6) is 0.748. The Kier molecular flexibility index (Phi) is 5.60. The number of rotatable bonds is 6. The first-order valence-electron chi connectivity index (χ1n) is 5.36. The second kappa shape index (κ2) is 6.74. The Labute approximate surface area is 101 Å². The van der Waals surface area contributed by atoms with Crippen molar-refractivity contribution in [3.05, 3.63) is 28.3 Å². The number of ether oxygens (including phenoxy) is 1. The summed E-state index contributed by atoms with van der Waals surface area (Å²) in [7, 11) is 0. The van der Waals surface area contributed by atoms with Crippen molar-refractivity contribution < 1.29 is 9.84 Å². The molecule has 2 N–H and O–H groups in total. The zero-order valence-electron chi connectivity index (χ0n) is 9.72. The van der Waals surface area contributed by atoms with Crippen LogP contribution in [0.1, 0.15) is 11.1 Å². The lowest BCUT2D eigenvalue weighted by Crippen LogP contribution is -2.24. The number of benzene rings is 1. The SMILES string of the molecule is Cc1cc(C)c(OCCNCCO)c(Cl)c1. The predicted molar refractivity (Wildman–Crippen MR) is 66.4 cm³/mol. The van der Waals surface area contributed by atoms with E-state index in [4.69, 9.17) is 21.4 Å². The average molecular weight is 244 g/mol. The first-order valence-corrected chi connectivity index (χ1v) is 5.74. The molecule has 1 aromatic carbocycles. The van der Waals surface area contributed by atoms with E-state index in [1.807, 2.05) is 26.0 Å². The van der Waals surface area contributed by atoms with Gasteiger partial charge in [-0.3, -0.25) is 0 Å². The number of hydrogen-bond donors (Lipinski definition) is 2. The zero-order chi connectivity index (χ0) is 12.0. The minimum atomic E-state index is 0.143. The van der Waals surface area contributed by atoms with Crippen molar-refractivity contribution in [2.75, 3.05) is 26.3 Å². The van der Waals surface area contributed by atoms with Crippen molar-refractivity contribution in [2.45, 2.75) is 13.8 Å². The van der Waals surface area contributed by atoms with Crippen molar-refractivity contribution in [3.8, 4) is 5.75 Å². The second-order valence-corrected chi connectivity index (χ2v) is 4.12. The van der Waals surface area contributed by atoms with Crippen molar-refractivity contribution >= 4 is 11.6 Å². The molecule has 4 heteroatoms. The largest absolute Gasteiger partial charge is 0.490 e. The molecule has 16 heavy (non-hydrogen) atoms. The van der Waals surface area contributed by atoms with Crippen LogP contribution in [0.3, 0.4) is 0 Å². The molecule has 1 rings (SSSR count). The van der Waals surface area contributed by atoms with Crippen molar-refractivity contribution in [2.24, 2.45) is 0 Å². The minimum absolute atomic E-state index is 0.143. The third-order valence-electron chi connectivity index (χ3n) is 2.19. The number of hydrogen-bond acceptors (Lipinski definition) is 3. The number of aliphatic hydroxyl groups excluding tert-OH is 1. The van der Waals surface area contributed by atoms with E-state index in [-0.39, 0.29) is 6.61 Å². The van der Waals surface area contributed by atoms with Gasteiger partial charge in [0.2, 0.25) is 0 Å². The van der Waals surface area contributed by atoms with Crippen molar-refractivity contribution in [1.29, 1.82) is 0 Å². The molecule has 90 valence electrons. The summed E-state index contributed by atoms with van der Waals surface area (Å²) in [6, 6.07) is 3.94. The first-order chi connectivity index (χ1) is 7.65. The molecule has 0 atom stereocenters. The van der Waals surface area contributed by atoms with Crippen LogP contribution in [0.2, 0.25) is 5.02 Å². The zero-order valence-corrected chi connectivity index (χ0v) is 10.5. The lowest BCUT2D eigenvalue weighted by molar-refractivity contribution is 0.275. The normalized spacial score (nSPS) is 10.5. The number of aryl methyl sites for hydroxylation is 2. The van der Waals surface area contributed by atoms with Crippen molar-refractivity contribution in [3.63, 3.8) is 0 Å². The standard InChI is InChI=1S/C12H18ClNO2/c1-9-7-10(2)12(11(13)8-9)16-6-4-14-3-5-15/h7-8,14-15H,3-6H2,1-2H3. The topological polar surface area (TPSA) is 41.5 Å². The van der Waals surface area contributed by atoms with Gasteiger partial charge in [0.15, 0.2) is 0 Å². The van der Waals surface area contributed by atoms with Gasteiger partial charge < -0.3 is 15.2 Å². The third kappa shape index (κ3) is 4.00. The molecule has 0 saturated carbocycles. The molecule has 0 aliphatic heterocycles. The Hall–Kier alpha value is -0.770. The van der Waals surface area contributed by atoms with E-state index in [1.165, 1.54) is 0 Å². The molecule has 0 saturated heterocycles. The fraction of sp³-hybridized carbons (Fsp3) is 0.500. The molecule has 0 aliphatic carbocycles. The minimum Gasteiger partial charge on any atom is -0.490 e. The maximum Gasteiger partial charge on any atom is 0.140 e. The molecule has 3 nitrogen and oxygen atoms in total. The Morgan fingerprint density at radius 3 is 2.69 bits per heavy atom. The van der Waals surface area contributed by atoms with Crippen LogP contribution in [0.25, 0.3) is 0 Å². The summed E-state index contributed by atoms with van der Waals surface area (Å²) in [6.45, 7) is 5.96. The Morgan fingerprint density at radius 1 is 1.31 bits per heavy atom. The van der Waals surface area contributed by atoms with Gasteiger partial charge in [-0.15, -0.1) is 0 Å². The third-order valence-corrected chi connectivity index (χ3v) is 2.47. The highest BCUT2D eigenvalue weighted by Gasteiger charge is 2.05. The summed E-state index contributed by atoms with van der Waals surface area (Å²) in [5.41, 5.74) is 2.18. The van der Waals surface area contributed by atoms with Crippen LogP contribution in [0.15, 0.2) is 12.1 Å². The summed E-state index contributed by atoms with van der Waals surface area (Å²) >= 11 is 6.09. The van der Waals surface area contributed by atoms with Crippen LogP contribution in [0, 0.1) is 13.8 Å². The van der Waals surface area contributed by atoms with E-state index in [9.17, 15) is 0 Å². The highest BCUT2D eigenvalue weighted by Crippen LogP contribution is 2.29. The van der Waals surface area contributed by atoms with Gasteiger partial charge in [-0.2, -0.15) is 0 Å². The second-order valence-electron chi connectivity index (χ2n) is 3.71. The summed E-state index contributed by atoms with van der Waals surface area (Å²) < 4.78 is 5.59. The van der Waals surface area contributed by atoms with Gasteiger partial charge in [-0.1, -0.05) is 17.7 Å². The van der Waals surface area contributed by atoms with E-state index in [2.05, 4.69) is 5.32 Å². The quantitative estimate of drug-likeness (QED) is 0.750. The van der Waals surface area contributed by atoms with Gasteiger partial charge in [0, 0.05) is 13.1 Å². The van der Waals surface area contributed by atoms with Crippen molar-refractivity contribution in [1.82, 2.24) is 5.32 Å². The van der Waals surface area contributed by atoms with Gasteiger partial charge in [0.1, 0.15) is 12.4 Å². The molecular formula is C12H18ClNO2.